The van der Waals surface area contributed by atoms with E-state index in [9.17, 15) is 9.90 Å². The molecule has 0 radical (unpaired) electrons. The molecule has 2 aromatic carbocycles. The van der Waals surface area contributed by atoms with Crippen LogP contribution in [0, 0.1) is 6.92 Å². The number of ketones is 1. The number of hydrogen-bond acceptors (Lipinski definition) is 4. The summed E-state index contributed by atoms with van der Waals surface area (Å²) in [5.41, 5.74) is 5.31. The topological polar surface area (TPSA) is 49.8 Å². The minimum absolute atomic E-state index is 0.0554. The number of rotatable bonds is 14. The fourth-order valence-corrected chi connectivity index (χ4v) is 5.01. The monoisotopic (exact) mass is 557 g/mol. The highest BCUT2D eigenvalue weighted by Gasteiger charge is 2.18. The summed E-state index contributed by atoms with van der Waals surface area (Å²) in [7, 11) is 2.30. The summed E-state index contributed by atoms with van der Waals surface area (Å²) in [5, 5.41) is 12.7. The van der Waals surface area contributed by atoms with Crippen LogP contribution >= 0.6 is 20.2 Å². The minimum Gasteiger partial charge on any atom is -0.508 e. The van der Waals surface area contributed by atoms with Gasteiger partial charge in [0.15, 0.2) is 5.78 Å². The molecule has 0 fully saturated rings. The number of ether oxygens (including phenoxy) is 1. The third-order valence-electron chi connectivity index (χ3n) is 6.16. The summed E-state index contributed by atoms with van der Waals surface area (Å²) in [4.78, 5) is 14.6. The number of benzene rings is 2. The minimum atomic E-state index is -0.0554. The van der Waals surface area contributed by atoms with Gasteiger partial charge in [0.1, 0.15) is 5.75 Å². The molecule has 38 heavy (non-hydrogen) atoms. The van der Waals surface area contributed by atoms with Crippen LogP contribution in [0.5, 0.6) is 5.75 Å². The van der Waals surface area contributed by atoms with Gasteiger partial charge in [-0.1, -0.05) is 72.2 Å². The maximum Gasteiger partial charge on any atom is 0.153 e. The maximum absolute atomic E-state index is 12.3. The Labute approximate surface area is 237 Å². The number of halogens is 1. The first-order chi connectivity index (χ1) is 18.2. The smallest absolute Gasteiger partial charge is 0.153 e. The van der Waals surface area contributed by atoms with E-state index in [-0.39, 0.29) is 11.5 Å². The number of carbonyl (C=O) groups is 1. The number of nitrogens with zero attached hydrogens (tertiary/aromatic N) is 1. The molecule has 0 heterocycles. The van der Waals surface area contributed by atoms with Crippen LogP contribution in [0.1, 0.15) is 62.8 Å². The zero-order valence-corrected chi connectivity index (χ0v) is 25.9. The number of phenols is 1. The fraction of sp³-hybridized carbons (Fsp3) is 0.406. The van der Waals surface area contributed by atoms with E-state index >= 15 is 0 Å². The Balaban J connectivity index is 0.00000352. The first-order valence-electron chi connectivity index (χ1n) is 13.3. The Morgan fingerprint density at radius 1 is 1.21 bits per heavy atom. The number of carbonyl (C=O) groups excluding carboxylic acids is 1. The quantitative estimate of drug-likeness (QED) is 0.146. The second-order valence-corrected chi connectivity index (χ2v) is 10.3. The summed E-state index contributed by atoms with van der Waals surface area (Å²) in [6.45, 7) is 18.8. The van der Waals surface area contributed by atoms with E-state index in [1.165, 1.54) is 5.30 Å². The molecule has 2 aromatic rings. The molecule has 0 bridgehead atoms. The van der Waals surface area contributed by atoms with Crippen LogP contribution in [0.3, 0.4) is 0 Å². The second-order valence-electron chi connectivity index (χ2n) is 8.81. The molecule has 0 amide bonds. The molecule has 1 atom stereocenters. The van der Waals surface area contributed by atoms with Gasteiger partial charge < -0.3 is 9.84 Å². The standard InChI is InChI=1S/C30H39ClNO3P.C2H6/c1-7-9-14-32(15-16-35-5)20-28-22(4)26(11-12-29(28)34)27(17-21(3)33)23(8-2)18-24-19-25(31)10-13-30(24)36-6;1-2/h8,10-13,17-19,34,36H,2,7,9,14-16,20H2,1,3-6H3;1-2H3/b23-18+,27-17-;. The molecular formula is C32H45ClNO3P. The van der Waals surface area contributed by atoms with Gasteiger partial charge in [-0.3, -0.25) is 9.69 Å². The van der Waals surface area contributed by atoms with Crippen LogP contribution in [-0.2, 0) is 16.1 Å². The van der Waals surface area contributed by atoms with Gasteiger partial charge >= 0.3 is 0 Å². The van der Waals surface area contributed by atoms with Crippen molar-refractivity contribution < 1.29 is 14.6 Å². The first-order valence-corrected chi connectivity index (χ1v) is 15.2. The van der Waals surface area contributed by atoms with Gasteiger partial charge in [0.25, 0.3) is 0 Å². The average molecular weight is 558 g/mol. The van der Waals surface area contributed by atoms with Crippen LogP contribution in [0.2, 0.25) is 5.02 Å². The molecular weight excluding hydrogens is 513 g/mol. The van der Waals surface area contributed by atoms with E-state index in [1.54, 1.807) is 32.3 Å². The maximum atomic E-state index is 12.3. The lowest BCUT2D eigenvalue weighted by Gasteiger charge is -2.25. The van der Waals surface area contributed by atoms with Crippen molar-refractivity contribution in [2.45, 2.75) is 54.0 Å². The molecule has 6 heteroatoms. The molecule has 0 spiro atoms. The second kappa shape index (κ2) is 18.1. The van der Waals surface area contributed by atoms with Crippen LogP contribution in [0.25, 0.3) is 11.6 Å². The van der Waals surface area contributed by atoms with Crippen molar-refractivity contribution in [2.75, 3.05) is 33.5 Å². The van der Waals surface area contributed by atoms with Gasteiger partial charge in [0, 0.05) is 30.8 Å². The van der Waals surface area contributed by atoms with Gasteiger partial charge in [0.2, 0.25) is 0 Å². The van der Waals surface area contributed by atoms with Gasteiger partial charge in [-0.25, -0.2) is 0 Å². The SMILES string of the molecule is C=CC(=C\c1cc(Cl)ccc1PC)/C(=C/C(C)=O)c1ccc(O)c(CN(CCCC)CCOC)c1C.CC. The van der Waals surface area contributed by atoms with Crippen molar-refractivity contribution in [2.24, 2.45) is 0 Å². The van der Waals surface area contributed by atoms with Crippen LogP contribution in [0.15, 0.2) is 54.6 Å². The highest BCUT2D eigenvalue weighted by atomic mass is 35.5. The Bertz CT molecular complexity index is 1120. The molecule has 1 unspecified atom stereocenters. The van der Waals surface area contributed by atoms with Gasteiger partial charge in [-0.05, 0) is 97.0 Å². The third-order valence-corrected chi connectivity index (χ3v) is 7.39. The molecule has 2 rings (SSSR count). The predicted octanol–water partition coefficient (Wildman–Crippen LogP) is 7.80. The zero-order valence-electron chi connectivity index (χ0n) is 24.2. The molecule has 0 aliphatic heterocycles. The first kappa shape index (κ1) is 33.8. The molecule has 0 aliphatic rings. The lowest BCUT2D eigenvalue weighted by molar-refractivity contribution is -0.112. The van der Waals surface area contributed by atoms with E-state index in [0.29, 0.717) is 26.8 Å². The number of aromatic hydroxyl groups is 1. The molecule has 4 nitrogen and oxygen atoms in total. The van der Waals surface area contributed by atoms with Crippen LogP contribution < -0.4 is 5.30 Å². The van der Waals surface area contributed by atoms with Gasteiger partial charge in [0.05, 0.1) is 6.61 Å². The normalized spacial score (nSPS) is 12.1. The molecule has 1 N–H and O–H groups in total. The Morgan fingerprint density at radius 3 is 2.50 bits per heavy atom. The van der Waals surface area contributed by atoms with Crippen molar-refractivity contribution >= 4 is 42.9 Å². The number of unbranched alkanes of at least 4 members (excludes halogenated alkanes) is 1. The molecule has 0 saturated carbocycles. The van der Waals surface area contributed by atoms with E-state index in [4.69, 9.17) is 16.3 Å². The predicted molar refractivity (Wildman–Crippen MR) is 168 cm³/mol. The summed E-state index contributed by atoms with van der Waals surface area (Å²) >= 11 is 6.30. The van der Waals surface area contributed by atoms with E-state index in [2.05, 4.69) is 25.1 Å². The number of methoxy groups -OCH3 is 1. The summed E-state index contributed by atoms with van der Waals surface area (Å²) in [5.74, 6) is 0.200. The van der Waals surface area contributed by atoms with Crippen LogP contribution in [-0.4, -0.2) is 49.3 Å². The van der Waals surface area contributed by atoms with Crippen molar-refractivity contribution in [3.8, 4) is 5.75 Å². The lowest BCUT2D eigenvalue weighted by atomic mass is 9.89. The van der Waals surface area contributed by atoms with E-state index in [1.807, 2.05) is 51.1 Å². The summed E-state index contributed by atoms with van der Waals surface area (Å²) < 4.78 is 5.31. The van der Waals surface area contributed by atoms with Gasteiger partial charge in [-0.2, -0.15) is 0 Å². The molecule has 208 valence electrons. The molecule has 0 aliphatic carbocycles. The molecule has 0 aromatic heterocycles. The Morgan fingerprint density at radius 2 is 1.92 bits per heavy atom. The average Bonchev–Trinajstić information content (AvgIpc) is 2.91. The largest absolute Gasteiger partial charge is 0.508 e. The van der Waals surface area contributed by atoms with E-state index < -0.39 is 0 Å². The fourth-order valence-electron chi connectivity index (χ4n) is 4.14. The van der Waals surface area contributed by atoms with Gasteiger partial charge in [-0.15, -0.1) is 0 Å². The van der Waals surface area contributed by atoms with Crippen LogP contribution in [0.4, 0.5) is 0 Å². The molecule has 0 saturated heterocycles. The highest BCUT2D eigenvalue weighted by molar-refractivity contribution is 7.46. The van der Waals surface area contributed by atoms with Crippen molar-refractivity contribution in [3.63, 3.8) is 0 Å². The van der Waals surface area contributed by atoms with Crippen molar-refractivity contribution in [1.82, 2.24) is 4.90 Å². The number of allylic oxidation sites excluding steroid dienone is 4. The lowest BCUT2D eigenvalue weighted by Crippen LogP contribution is -2.28. The highest BCUT2D eigenvalue weighted by Crippen LogP contribution is 2.34. The number of hydrogen-bond donors (Lipinski definition) is 1. The zero-order chi connectivity index (χ0) is 28.7. The summed E-state index contributed by atoms with van der Waals surface area (Å²) in [6.07, 6.45) is 7.63. The Hall–Kier alpha value is -2.23. The van der Waals surface area contributed by atoms with E-state index in [0.717, 1.165) is 59.3 Å². The third kappa shape index (κ3) is 10.2. The summed E-state index contributed by atoms with van der Waals surface area (Å²) in [6, 6.07) is 9.48. The van der Waals surface area contributed by atoms with Crippen molar-refractivity contribution in [3.05, 3.63) is 81.9 Å². The number of phenolic OH excluding ortho intramolecular Hbond substituents is 1. The Kier molecular flexibility index (Phi) is 16.1. The van der Waals surface area contributed by atoms with Crippen molar-refractivity contribution in [1.29, 1.82) is 0 Å².